The average Bonchev–Trinajstić information content (AvgIpc) is 2.71. The van der Waals surface area contributed by atoms with Crippen LogP contribution < -0.4 is 0 Å². The van der Waals surface area contributed by atoms with Crippen molar-refractivity contribution < 1.29 is 0 Å². The molecule has 0 bridgehead atoms. The van der Waals surface area contributed by atoms with Crippen LogP contribution in [-0.2, 0) is 0 Å². The first-order valence-corrected chi connectivity index (χ1v) is 6.21. The number of hydrogen-bond donors (Lipinski definition) is 0. The van der Waals surface area contributed by atoms with E-state index in [4.69, 9.17) is 0 Å². The Hall–Kier alpha value is 0. The van der Waals surface area contributed by atoms with Crippen molar-refractivity contribution in [3.63, 3.8) is 0 Å². The zero-order chi connectivity index (χ0) is 9.10. The van der Waals surface area contributed by atoms with Crippen LogP contribution in [0.3, 0.4) is 0 Å². The predicted molar refractivity (Wildman–Crippen MR) is 57.4 cm³/mol. The minimum Gasteiger partial charge on any atom is -0.0533 e. The van der Waals surface area contributed by atoms with E-state index < -0.39 is 0 Å². The van der Waals surface area contributed by atoms with Crippen molar-refractivity contribution in [1.82, 2.24) is 0 Å². The third-order valence-electron chi connectivity index (χ3n) is 4.26. The first kappa shape index (κ1) is 9.55. The Morgan fingerprint density at radius 3 is 1.54 bits per heavy atom. The first-order valence-electron chi connectivity index (χ1n) is 6.21. The van der Waals surface area contributed by atoms with E-state index in [2.05, 4.69) is 6.92 Å². The molecule has 0 aromatic rings. The molecule has 0 heteroatoms. The van der Waals surface area contributed by atoms with Crippen molar-refractivity contribution >= 4 is 0 Å². The fourth-order valence-corrected chi connectivity index (χ4v) is 3.33. The van der Waals surface area contributed by atoms with Crippen LogP contribution in [0.4, 0.5) is 0 Å². The van der Waals surface area contributed by atoms with Gasteiger partial charge in [0.25, 0.3) is 0 Å². The molecule has 0 saturated heterocycles. The maximum absolute atomic E-state index is 4.44. The second-order valence-corrected chi connectivity index (χ2v) is 5.11. The molecule has 1 radical (unpaired) electrons. The summed E-state index contributed by atoms with van der Waals surface area (Å²) < 4.78 is 0. The van der Waals surface area contributed by atoms with E-state index in [0.29, 0.717) is 0 Å². The predicted octanol–water partition coefficient (Wildman–Crippen LogP) is 4.21. The highest BCUT2D eigenvalue weighted by atomic mass is 14.3. The summed E-state index contributed by atoms with van der Waals surface area (Å²) in [6, 6.07) is 0. The smallest absolute Gasteiger partial charge is 0.0357 e. The summed E-state index contributed by atoms with van der Waals surface area (Å²) in [4.78, 5) is 0. The largest absolute Gasteiger partial charge is 0.0533 e. The molecule has 2 aliphatic carbocycles. The number of rotatable bonds is 2. The fourth-order valence-electron chi connectivity index (χ4n) is 3.33. The van der Waals surface area contributed by atoms with Gasteiger partial charge in [0.1, 0.15) is 0 Å². The molecule has 0 aromatic heterocycles. The lowest BCUT2D eigenvalue weighted by Gasteiger charge is -2.31. The van der Waals surface area contributed by atoms with Crippen LogP contribution >= 0.6 is 0 Å². The van der Waals surface area contributed by atoms with Crippen LogP contribution in [0.5, 0.6) is 0 Å². The van der Waals surface area contributed by atoms with Gasteiger partial charge in [-0.1, -0.05) is 57.8 Å². The molecule has 0 N–H and O–H groups in total. The zero-order valence-electron chi connectivity index (χ0n) is 8.80. The standard InChI is InChI=1S/C13H23/c1-11(13-9-5-6-10-13)12-7-3-2-4-8-12/h11-13H,1-10H2. The fraction of sp³-hybridized carbons (Fsp3) is 0.923. The van der Waals surface area contributed by atoms with Gasteiger partial charge >= 0.3 is 0 Å². The van der Waals surface area contributed by atoms with Crippen LogP contribution in [0.25, 0.3) is 0 Å². The maximum atomic E-state index is 4.44. The molecular weight excluding hydrogens is 156 g/mol. The molecule has 2 saturated carbocycles. The second-order valence-electron chi connectivity index (χ2n) is 5.11. The Balaban J connectivity index is 1.83. The van der Waals surface area contributed by atoms with E-state index in [1.807, 2.05) is 0 Å². The summed E-state index contributed by atoms with van der Waals surface area (Å²) in [5.74, 6) is 2.77. The molecule has 75 valence electrons. The van der Waals surface area contributed by atoms with E-state index in [9.17, 15) is 0 Å². The van der Waals surface area contributed by atoms with Crippen molar-refractivity contribution in [2.45, 2.75) is 57.8 Å². The average molecular weight is 179 g/mol. The molecule has 0 amide bonds. The van der Waals surface area contributed by atoms with E-state index >= 15 is 0 Å². The van der Waals surface area contributed by atoms with Crippen LogP contribution in [0.2, 0.25) is 0 Å². The van der Waals surface area contributed by atoms with Gasteiger partial charge in [-0.25, -0.2) is 0 Å². The normalized spacial score (nSPS) is 29.3. The molecule has 0 aliphatic heterocycles. The lowest BCUT2D eigenvalue weighted by atomic mass is 9.74. The number of hydrogen-bond acceptors (Lipinski definition) is 0. The monoisotopic (exact) mass is 179 g/mol. The van der Waals surface area contributed by atoms with Gasteiger partial charge in [-0.05, 0) is 24.7 Å². The van der Waals surface area contributed by atoms with E-state index in [1.165, 1.54) is 57.8 Å². The summed E-state index contributed by atoms with van der Waals surface area (Å²) >= 11 is 0. The van der Waals surface area contributed by atoms with E-state index in [1.54, 1.807) is 0 Å². The lowest BCUT2D eigenvalue weighted by Crippen LogP contribution is -2.21. The van der Waals surface area contributed by atoms with Crippen LogP contribution in [0.1, 0.15) is 57.8 Å². The Labute approximate surface area is 83.1 Å². The molecule has 1 unspecified atom stereocenters. The van der Waals surface area contributed by atoms with Gasteiger partial charge in [0.05, 0.1) is 0 Å². The van der Waals surface area contributed by atoms with E-state index in [0.717, 1.165) is 17.8 Å². The Bertz CT molecular complexity index is 138. The van der Waals surface area contributed by atoms with Crippen molar-refractivity contribution in [2.75, 3.05) is 0 Å². The third kappa shape index (κ3) is 2.27. The van der Waals surface area contributed by atoms with Gasteiger partial charge in [0.15, 0.2) is 0 Å². The van der Waals surface area contributed by atoms with Crippen molar-refractivity contribution in [1.29, 1.82) is 0 Å². The highest BCUT2D eigenvalue weighted by Gasteiger charge is 2.28. The second kappa shape index (κ2) is 4.48. The Morgan fingerprint density at radius 2 is 1.08 bits per heavy atom. The maximum Gasteiger partial charge on any atom is -0.0357 e. The summed E-state index contributed by atoms with van der Waals surface area (Å²) in [6.07, 6.45) is 13.3. The van der Waals surface area contributed by atoms with Crippen LogP contribution in [0, 0.1) is 24.7 Å². The molecule has 2 aliphatic rings. The van der Waals surface area contributed by atoms with Gasteiger partial charge in [-0.3, -0.25) is 0 Å². The summed E-state index contributed by atoms with van der Waals surface area (Å²) in [6.45, 7) is 4.44. The summed E-state index contributed by atoms with van der Waals surface area (Å²) in [5, 5.41) is 0. The van der Waals surface area contributed by atoms with Crippen LogP contribution in [-0.4, -0.2) is 0 Å². The van der Waals surface area contributed by atoms with Gasteiger partial charge in [-0.15, -0.1) is 0 Å². The van der Waals surface area contributed by atoms with Gasteiger partial charge in [0.2, 0.25) is 0 Å². The molecule has 0 heterocycles. The van der Waals surface area contributed by atoms with E-state index in [-0.39, 0.29) is 0 Å². The molecule has 2 rings (SSSR count). The molecule has 13 heavy (non-hydrogen) atoms. The third-order valence-corrected chi connectivity index (χ3v) is 4.26. The Kier molecular flexibility index (Phi) is 3.29. The molecule has 0 aromatic carbocycles. The highest BCUT2D eigenvalue weighted by Crippen LogP contribution is 2.40. The lowest BCUT2D eigenvalue weighted by molar-refractivity contribution is 0.219. The van der Waals surface area contributed by atoms with Gasteiger partial charge < -0.3 is 0 Å². The first-order chi connectivity index (χ1) is 6.38. The van der Waals surface area contributed by atoms with Crippen molar-refractivity contribution in [3.8, 4) is 0 Å². The van der Waals surface area contributed by atoms with Crippen molar-refractivity contribution in [3.05, 3.63) is 6.92 Å². The SMILES string of the molecule is [CH2]C(C1CCCCC1)C1CCCC1. The highest BCUT2D eigenvalue weighted by molar-refractivity contribution is 4.83. The minimum absolute atomic E-state index is 0.794. The van der Waals surface area contributed by atoms with Crippen LogP contribution in [0.15, 0.2) is 0 Å². The topological polar surface area (TPSA) is 0 Å². The molecule has 0 nitrogen and oxygen atoms in total. The van der Waals surface area contributed by atoms with Gasteiger partial charge in [-0.2, -0.15) is 0 Å². The molecule has 2 fully saturated rings. The molecular formula is C13H23. The Morgan fingerprint density at radius 1 is 0.692 bits per heavy atom. The minimum atomic E-state index is 0.794. The van der Waals surface area contributed by atoms with Gasteiger partial charge in [0, 0.05) is 0 Å². The molecule has 0 spiro atoms. The summed E-state index contributed by atoms with van der Waals surface area (Å²) in [5.41, 5.74) is 0. The van der Waals surface area contributed by atoms with Crippen molar-refractivity contribution in [2.24, 2.45) is 17.8 Å². The quantitative estimate of drug-likeness (QED) is 0.595. The zero-order valence-corrected chi connectivity index (χ0v) is 8.80. The summed E-state index contributed by atoms with van der Waals surface area (Å²) in [7, 11) is 0. The molecule has 1 atom stereocenters.